The van der Waals surface area contributed by atoms with E-state index in [9.17, 15) is 13.5 Å². The maximum absolute atomic E-state index is 12.2. The Morgan fingerprint density at radius 1 is 1.35 bits per heavy atom. The summed E-state index contributed by atoms with van der Waals surface area (Å²) >= 11 is 7.14. The Balaban J connectivity index is 2.24. The summed E-state index contributed by atoms with van der Waals surface area (Å²) in [6.07, 6.45) is 0. The highest BCUT2D eigenvalue weighted by molar-refractivity contribution is 7.89. The molecule has 1 aromatic heterocycles. The number of nitrogens with two attached hydrogens (primary N) is 1. The van der Waals surface area contributed by atoms with Crippen LogP contribution in [0.1, 0.15) is 17.8 Å². The summed E-state index contributed by atoms with van der Waals surface area (Å²) in [6, 6.07) is 6.83. The number of phenols is 1. The van der Waals surface area contributed by atoms with E-state index >= 15 is 0 Å². The van der Waals surface area contributed by atoms with E-state index in [1.165, 1.54) is 29.5 Å². The highest BCUT2D eigenvalue weighted by Gasteiger charge is 2.20. The van der Waals surface area contributed by atoms with Gasteiger partial charge in [0.25, 0.3) is 0 Å². The molecular weight excluding hydrogens is 320 g/mol. The summed E-state index contributed by atoms with van der Waals surface area (Å²) in [7, 11) is -3.72. The Labute approximate surface area is 126 Å². The first kappa shape index (κ1) is 15.1. The number of phenolic OH excluding ortho intramolecular Hbond substituents is 1. The third-order valence-corrected chi connectivity index (χ3v) is 5.61. The number of hydrogen-bond acceptors (Lipinski definition) is 5. The van der Waals surface area contributed by atoms with Crippen molar-refractivity contribution in [2.24, 2.45) is 0 Å². The molecule has 8 heteroatoms. The Morgan fingerprint density at radius 3 is 2.60 bits per heavy atom. The summed E-state index contributed by atoms with van der Waals surface area (Å²) in [6.45, 7) is 1.73. The molecule has 0 aliphatic heterocycles. The molecule has 1 heterocycles. The highest BCUT2D eigenvalue weighted by atomic mass is 35.5. The molecule has 2 rings (SSSR count). The molecule has 2 aromatic rings. The minimum absolute atomic E-state index is 0.00213. The first-order valence-electron chi connectivity index (χ1n) is 5.65. The van der Waals surface area contributed by atoms with E-state index < -0.39 is 16.1 Å². The van der Waals surface area contributed by atoms with Gasteiger partial charge in [0.2, 0.25) is 10.0 Å². The van der Waals surface area contributed by atoms with Crippen LogP contribution in [0.25, 0.3) is 0 Å². The van der Waals surface area contributed by atoms with Crippen LogP contribution in [-0.4, -0.2) is 13.5 Å². The van der Waals surface area contributed by atoms with Crippen molar-refractivity contribution >= 4 is 38.6 Å². The molecule has 5 nitrogen and oxygen atoms in total. The Morgan fingerprint density at radius 2 is 2.05 bits per heavy atom. The highest BCUT2D eigenvalue weighted by Crippen LogP contribution is 2.28. The molecule has 0 fully saturated rings. The summed E-state index contributed by atoms with van der Waals surface area (Å²) < 4.78 is 27.6. The number of aromatic hydroxyl groups is 1. The Hall–Kier alpha value is -1.28. The zero-order valence-corrected chi connectivity index (χ0v) is 12.9. The number of halogens is 1. The van der Waals surface area contributed by atoms with E-state index in [2.05, 4.69) is 4.72 Å². The van der Waals surface area contributed by atoms with E-state index in [1.807, 2.05) is 0 Å². The lowest BCUT2D eigenvalue weighted by atomic mass is 10.3. The first-order valence-corrected chi connectivity index (χ1v) is 8.33. The van der Waals surface area contributed by atoms with Crippen LogP contribution in [-0.2, 0) is 10.0 Å². The number of hydrogen-bond donors (Lipinski definition) is 3. The second-order valence-electron chi connectivity index (χ2n) is 4.21. The number of rotatable bonds is 4. The molecule has 1 atom stereocenters. The largest absolute Gasteiger partial charge is 0.506 e. The molecule has 108 valence electrons. The molecule has 1 aromatic carbocycles. The van der Waals surface area contributed by atoms with Gasteiger partial charge in [-0.3, -0.25) is 0 Å². The van der Waals surface area contributed by atoms with Gasteiger partial charge >= 0.3 is 0 Å². The standard InChI is InChI=1S/C12H13ClN2O3S2/c1-7(11-4-5-12(13)19-11)15-20(17,18)8-2-3-10(16)9(14)6-8/h2-7,15-16H,14H2,1H3. The molecule has 0 saturated heterocycles. The number of sulfonamides is 1. The number of thiophene rings is 1. The molecule has 0 spiro atoms. The molecule has 0 aliphatic rings. The molecule has 20 heavy (non-hydrogen) atoms. The predicted molar refractivity (Wildman–Crippen MR) is 80.6 cm³/mol. The van der Waals surface area contributed by atoms with E-state index in [1.54, 1.807) is 19.1 Å². The topological polar surface area (TPSA) is 92.4 Å². The van der Waals surface area contributed by atoms with E-state index in [4.69, 9.17) is 17.3 Å². The quantitative estimate of drug-likeness (QED) is 0.593. The molecule has 1 unspecified atom stereocenters. The van der Waals surface area contributed by atoms with E-state index in [0.717, 1.165) is 4.88 Å². The van der Waals surface area contributed by atoms with E-state index in [-0.39, 0.29) is 16.3 Å². The average Bonchev–Trinajstić information content (AvgIpc) is 2.79. The van der Waals surface area contributed by atoms with Crippen molar-refractivity contribution in [1.29, 1.82) is 0 Å². The lowest BCUT2D eigenvalue weighted by Crippen LogP contribution is -2.26. The fourth-order valence-corrected chi connectivity index (χ4v) is 4.02. The summed E-state index contributed by atoms with van der Waals surface area (Å²) in [5.74, 6) is -0.151. The molecule has 0 saturated carbocycles. The molecule has 0 radical (unpaired) electrons. The van der Waals surface area contributed by atoms with E-state index in [0.29, 0.717) is 4.34 Å². The maximum Gasteiger partial charge on any atom is 0.241 e. The first-order chi connectivity index (χ1) is 9.29. The van der Waals surface area contributed by atoms with Gasteiger partial charge in [-0.15, -0.1) is 11.3 Å². The summed E-state index contributed by atoms with van der Waals surface area (Å²) in [5.41, 5.74) is 5.52. The van der Waals surface area contributed by atoms with Crippen LogP contribution >= 0.6 is 22.9 Å². The van der Waals surface area contributed by atoms with Gasteiger partial charge in [-0.1, -0.05) is 11.6 Å². The van der Waals surface area contributed by atoms with Crippen LogP contribution in [0, 0.1) is 0 Å². The minimum Gasteiger partial charge on any atom is -0.506 e. The predicted octanol–water partition coefficient (Wildman–Crippen LogP) is 2.73. The lowest BCUT2D eigenvalue weighted by molar-refractivity contribution is 0.477. The third-order valence-electron chi connectivity index (χ3n) is 2.66. The van der Waals surface area contributed by atoms with Crippen LogP contribution in [0.15, 0.2) is 35.2 Å². The second kappa shape index (κ2) is 5.61. The van der Waals surface area contributed by atoms with Crippen LogP contribution in [0.2, 0.25) is 4.34 Å². The van der Waals surface area contributed by atoms with Gasteiger partial charge in [-0.2, -0.15) is 0 Å². The van der Waals surface area contributed by atoms with Crippen molar-refractivity contribution in [2.45, 2.75) is 17.9 Å². The van der Waals surface area contributed by atoms with Gasteiger partial charge in [0.15, 0.2) is 0 Å². The molecule has 4 N–H and O–H groups in total. The molecular formula is C12H13ClN2O3S2. The number of nitrogen functional groups attached to an aromatic ring is 1. The van der Waals surface area contributed by atoms with Gasteiger partial charge in [-0.05, 0) is 37.3 Å². The monoisotopic (exact) mass is 332 g/mol. The van der Waals surface area contributed by atoms with Crippen LogP contribution in [0.5, 0.6) is 5.75 Å². The minimum atomic E-state index is -3.72. The van der Waals surface area contributed by atoms with Crippen molar-refractivity contribution in [3.63, 3.8) is 0 Å². The van der Waals surface area contributed by atoms with Crippen LogP contribution < -0.4 is 10.5 Å². The molecule has 0 amide bonds. The van der Waals surface area contributed by atoms with Gasteiger partial charge in [0, 0.05) is 4.88 Å². The number of nitrogens with one attached hydrogen (secondary N) is 1. The zero-order valence-electron chi connectivity index (χ0n) is 10.5. The Kier molecular flexibility index (Phi) is 4.24. The van der Waals surface area contributed by atoms with Crippen LogP contribution in [0.4, 0.5) is 5.69 Å². The Bertz CT molecular complexity index is 728. The normalized spacial score (nSPS) is 13.3. The molecule has 0 bridgehead atoms. The SMILES string of the molecule is CC(NS(=O)(=O)c1ccc(O)c(N)c1)c1ccc(Cl)s1. The second-order valence-corrected chi connectivity index (χ2v) is 7.67. The fourth-order valence-electron chi connectivity index (χ4n) is 1.62. The maximum atomic E-state index is 12.2. The molecule has 0 aliphatic carbocycles. The summed E-state index contributed by atoms with van der Waals surface area (Å²) in [5, 5.41) is 9.32. The van der Waals surface area contributed by atoms with Gasteiger partial charge in [0.05, 0.1) is 21.0 Å². The fraction of sp³-hybridized carbons (Fsp3) is 0.167. The van der Waals surface area contributed by atoms with Gasteiger partial charge in [0.1, 0.15) is 5.75 Å². The number of anilines is 1. The van der Waals surface area contributed by atoms with Crippen molar-refractivity contribution in [2.75, 3.05) is 5.73 Å². The van der Waals surface area contributed by atoms with Gasteiger partial charge < -0.3 is 10.8 Å². The van der Waals surface area contributed by atoms with Crippen LogP contribution in [0.3, 0.4) is 0 Å². The van der Waals surface area contributed by atoms with Crippen molar-refractivity contribution in [3.05, 3.63) is 39.5 Å². The zero-order chi connectivity index (χ0) is 14.9. The average molecular weight is 333 g/mol. The lowest BCUT2D eigenvalue weighted by Gasteiger charge is -2.13. The van der Waals surface area contributed by atoms with Crippen molar-refractivity contribution in [3.8, 4) is 5.75 Å². The third kappa shape index (κ3) is 3.24. The van der Waals surface area contributed by atoms with Gasteiger partial charge in [-0.25, -0.2) is 13.1 Å². The smallest absolute Gasteiger partial charge is 0.241 e. The van der Waals surface area contributed by atoms with Crippen molar-refractivity contribution in [1.82, 2.24) is 4.72 Å². The number of benzene rings is 1. The van der Waals surface area contributed by atoms with Crippen molar-refractivity contribution < 1.29 is 13.5 Å². The summed E-state index contributed by atoms with van der Waals surface area (Å²) in [4.78, 5) is 0.813.